The molecular weight excluding hydrogens is 376 g/mol. The van der Waals surface area contributed by atoms with E-state index in [-0.39, 0.29) is 6.10 Å². The monoisotopic (exact) mass is 424 g/mol. The molecule has 1 heteroatoms. The Hall–Kier alpha value is -0.820. The molecule has 0 radical (unpaired) electrons. The van der Waals surface area contributed by atoms with E-state index >= 15 is 0 Å². The number of rotatable bonds is 6. The van der Waals surface area contributed by atoms with Crippen molar-refractivity contribution in [3.05, 3.63) is 36.0 Å². The SMILES string of the molecule is C=C(CC)C(C=CC(C)C1CCC2C3CC=C4CC(O)CCC4(C)C3CCC12C)CC. The van der Waals surface area contributed by atoms with Crippen LogP contribution in [0.15, 0.2) is 36.0 Å². The Bertz CT molecular complexity index is 731. The van der Waals surface area contributed by atoms with E-state index in [1.54, 1.807) is 5.57 Å². The molecule has 0 spiro atoms. The summed E-state index contributed by atoms with van der Waals surface area (Å²) >= 11 is 0. The average Bonchev–Trinajstić information content (AvgIpc) is 3.11. The molecule has 0 heterocycles. The first-order valence-corrected chi connectivity index (χ1v) is 13.5. The normalized spacial score (nSPS) is 44.2. The largest absolute Gasteiger partial charge is 0.393 e. The molecule has 174 valence electrons. The molecule has 1 nitrogen and oxygen atoms in total. The van der Waals surface area contributed by atoms with Gasteiger partial charge in [0.1, 0.15) is 0 Å². The van der Waals surface area contributed by atoms with Gasteiger partial charge in [-0.2, -0.15) is 0 Å². The van der Waals surface area contributed by atoms with Crippen molar-refractivity contribution in [3.63, 3.8) is 0 Å². The first-order chi connectivity index (χ1) is 14.7. The van der Waals surface area contributed by atoms with Crippen LogP contribution in [-0.2, 0) is 0 Å². The highest BCUT2D eigenvalue weighted by atomic mass is 16.3. The second-order valence-corrected chi connectivity index (χ2v) is 12.2. The standard InChI is InChI=1S/C30H48O/c1-7-20(3)22(8-2)10-9-21(4)26-13-14-27-25-12-11-23-19-24(31)15-17-29(23,5)28(25)16-18-30(26,27)6/h9-11,21-22,24-28,31H,3,7-8,12-19H2,1-2,4-6H3. The molecule has 4 rings (SSSR count). The van der Waals surface area contributed by atoms with Crippen molar-refractivity contribution in [2.24, 2.45) is 46.3 Å². The zero-order valence-corrected chi connectivity index (χ0v) is 21.0. The maximum Gasteiger partial charge on any atom is 0.0577 e. The fourth-order valence-electron chi connectivity index (χ4n) is 8.81. The third-order valence-electron chi connectivity index (χ3n) is 10.9. The zero-order chi connectivity index (χ0) is 22.4. The quantitative estimate of drug-likeness (QED) is 0.427. The first-order valence-electron chi connectivity index (χ1n) is 13.5. The molecule has 3 fully saturated rings. The van der Waals surface area contributed by atoms with Gasteiger partial charge < -0.3 is 5.11 Å². The van der Waals surface area contributed by atoms with E-state index in [1.165, 1.54) is 50.5 Å². The van der Waals surface area contributed by atoms with Crippen molar-refractivity contribution in [2.45, 2.75) is 105 Å². The molecule has 0 bridgehead atoms. The van der Waals surface area contributed by atoms with Crippen LogP contribution >= 0.6 is 0 Å². The van der Waals surface area contributed by atoms with Crippen LogP contribution in [0, 0.1) is 46.3 Å². The Morgan fingerprint density at radius 3 is 2.61 bits per heavy atom. The van der Waals surface area contributed by atoms with Crippen LogP contribution in [0.25, 0.3) is 0 Å². The van der Waals surface area contributed by atoms with Crippen molar-refractivity contribution in [1.29, 1.82) is 0 Å². The van der Waals surface area contributed by atoms with Gasteiger partial charge in [-0.3, -0.25) is 0 Å². The van der Waals surface area contributed by atoms with E-state index in [0.717, 1.165) is 42.9 Å². The highest BCUT2D eigenvalue weighted by Crippen LogP contribution is 2.67. The van der Waals surface area contributed by atoms with Crippen LogP contribution in [0.5, 0.6) is 0 Å². The summed E-state index contributed by atoms with van der Waals surface area (Å²) in [5, 5.41) is 10.3. The van der Waals surface area contributed by atoms with Crippen LogP contribution in [0.1, 0.15) is 98.8 Å². The lowest BCUT2D eigenvalue weighted by Gasteiger charge is -2.58. The van der Waals surface area contributed by atoms with Gasteiger partial charge in [0.25, 0.3) is 0 Å². The summed E-state index contributed by atoms with van der Waals surface area (Å²) in [7, 11) is 0. The van der Waals surface area contributed by atoms with Gasteiger partial charge in [-0.15, -0.1) is 0 Å². The predicted octanol–water partition coefficient (Wildman–Crippen LogP) is 8.11. The van der Waals surface area contributed by atoms with E-state index in [9.17, 15) is 5.11 Å². The molecule has 9 atom stereocenters. The highest BCUT2D eigenvalue weighted by molar-refractivity contribution is 5.25. The summed E-state index contributed by atoms with van der Waals surface area (Å²) in [4.78, 5) is 0. The minimum Gasteiger partial charge on any atom is -0.393 e. The summed E-state index contributed by atoms with van der Waals surface area (Å²) in [5.41, 5.74) is 3.85. The predicted molar refractivity (Wildman–Crippen MR) is 133 cm³/mol. The number of fused-ring (bicyclic) bond motifs is 5. The minimum atomic E-state index is -0.0936. The lowest BCUT2D eigenvalue weighted by Crippen LogP contribution is -2.50. The smallest absolute Gasteiger partial charge is 0.0577 e. The first kappa shape index (κ1) is 23.3. The molecule has 1 N–H and O–H groups in total. The van der Waals surface area contributed by atoms with Gasteiger partial charge in [-0.25, -0.2) is 0 Å². The van der Waals surface area contributed by atoms with Crippen molar-refractivity contribution in [3.8, 4) is 0 Å². The zero-order valence-electron chi connectivity index (χ0n) is 21.0. The third-order valence-corrected chi connectivity index (χ3v) is 10.9. The summed E-state index contributed by atoms with van der Waals surface area (Å²) in [5.74, 6) is 4.65. The fourth-order valence-corrected chi connectivity index (χ4v) is 8.81. The maximum absolute atomic E-state index is 10.3. The molecule has 9 unspecified atom stereocenters. The summed E-state index contributed by atoms with van der Waals surface area (Å²) < 4.78 is 0. The molecule has 0 aromatic carbocycles. The molecule has 31 heavy (non-hydrogen) atoms. The molecule has 3 saturated carbocycles. The Balaban J connectivity index is 1.51. The average molecular weight is 425 g/mol. The van der Waals surface area contributed by atoms with Gasteiger partial charge in [0.05, 0.1) is 6.10 Å². The Kier molecular flexibility index (Phi) is 6.66. The van der Waals surface area contributed by atoms with Gasteiger partial charge >= 0.3 is 0 Å². The van der Waals surface area contributed by atoms with E-state index in [0.29, 0.717) is 22.7 Å². The third kappa shape index (κ3) is 3.92. The molecule has 4 aliphatic rings. The van der Waals surface area contributed by atoms with Gasteiger partial charge in [0, 0.05) is 0 Å². The van der Waals surface area contributed by atoms with Crippen molar-refractivity contribution < 1.29 is 5.11 Å². The molecule has 0 aromatic rings. The Labute approximate surface area is 192 Å². The van der Waals surface area contributed by atoms with E-state index in [4.69, 9.17) is 0 Å². The lowest BCUT2D eigenvalue weighted by atomic mass is 9.47. The molecule has 0 aliphatic heterocycles. The van der Waals surface area contributed by atoms with E-state index < -0.39 is 0 Å². The van der Waals surface area contributed by atoms with Crippen LogP contribution in [0.2, 0.25) is 0 Å². The number of allylic oxidation sites excluding steroid dienone is 4. The summed E-state index contributed by atoms with van der Waals surface area (Å²) in [6.45, 7) is 16.5. The maximum atomic E-state index is 10.3. The van der Waals surface area contributed by atoms with Gasteiger partial charge in [0.2, 0.25) is 0 Å². The number of aliphatic hydroxyl groups excluding tert-OH is 1. The van der Waals surface area contributed by atoms with Crippen LogP contribution in [0.3, 0.4) is 0 Å². The van der Waals surface area contributed by atoms with E-state index in [2.05, 4.69) is 59.4 Å². The molecular formula is C30H48O. The van der Waals surface area contributed by atoms with Gasteiger partial charge in [-0.1, -0.05) is 70.6 Å². The second-order valence-electron chi connectivity index (χ2n) is 12.2. The fraction of sp³-hybridized carbons (Fsp3) is 0.800. The highest BCUT2D eigenvalue weighted by Gasteiger charge is 2.58. The van der Waals surface area contributed by atoms with Crippen molar-refractivity contribution in [1.82, 2.24) is 0 Å². The van der Waals surface area contributed by atoms with Crippen LogP contribution in [0.4, 0.5) is 0 Å². The Morgan fingerprint density at radius 2 is 1.90 bits per heavy atom. The molecule has 0 aromatic heterocycles. The summed E-state index contributed by atoms with van der Waals surface area (Å²) in [6.07, 6.45) is 19.9. The number of aliphatic hydroxyl groups is 1. The van der Waals surface area contributed by atoms with E-state index in [1.807, 2.05) is 0 Å². The van der Waals surface area contributed by atoms with Crippen molar-refractivity contribution >= 4 is 0 Å². The van der Waals surface area contributed by atoms with Crippen LogP contribution < -0.4 is 0 Å². The van der Waals surface area contributed by atoms with Gasteiger partial charge in [0.15, 0.2) is 0 Å². The molecule has 4 aliphatic carbocycles. The summed E-state index contributed by atoms with van der Waals surface area (Å²) in [6, 6.07) is 0. The number of hydrogen-bond donors (Lipinski definition) is 1. The topological polar surface area (TPSA) is 20.2 Å². The minimum absolute atomic E-state index is 0.0936. The molecule has 0 amide bonds. The van der Waals surface area contributed by atoms with Crippen molar-refractivity contribution in [2.75, 3.05) is 0 Å². The van der Waals surface area contributed by atoms with Gasteiger partial charge in [-0.05, 0) is 111 Å². The molecule has 0 saturated heterocycles. The Morgan fingerprint density at radius 1 is 1.13 bits per heavy atom. The van der Waals surface area contributed by atoms with Crippen LogP contribution in [-0.4, -0.2) is 11.2 Å². The number of hydrogen-bond acceptors (Lipinski definition) is 1. The second kappa shape index (κ2) is 8.85. The lowest BCUT2D eigenvalue weighted by molar-refractivity contribution is -0.0540.